The summed E-state index contributed by atoms with van der Waals surface area (Å²) in [6.45, 7) is 2.32. The summed E-state index contributed by atoms with van der Waals surface area (Å²) in [5.74, 6) is -0.326. The lowest BCUT2D eigenvalue weighted by Gasteiger charge is -2.20. The fraction of sp³-hybridized carbons (Fsp3) is 0.290. The van der Waals surface area contributed by atoms with E-state index in [1.54, 1.807) is 12.1 Å². The number of para-hydroxylation sites is 1. The fourth-order valence-electron chi connectivity index (χ4n) is 4.42. The number of hydrogen-bond donors (Lipinski definition) is 3. The quantitative estimate of drug-likeness (QED) is 0.174. The average molecular weight is 499 g/mol. The highest BCUT2D eigenvalue weighted by molar-refractivity contribution is 5.94. The van der Waals surface area contributed by atoms with Gasteiger partial charge in [-0.3, -0.25) is 9.59 Å². The fourth-order valence-corrected chi connectivity index (χ4v) is 4.42. The summed E-state index contributed by atoms with van der Waals surface area (Å²) in [4.78, 5) is 22.9. The molecule has 1 aromatic heterocycles. The Labute approximate surface area is 217 Å². The maximum Gasteiger partial charge on any atom is 0.305 e. The molecule has 3 aromatic carbocycles. The van der Waals surface area contributed by atoms with Crippen LogP contribution in [0.3, 0.4) is 0 Å². The third-order valence-electron chi connectivity index (χ3n) is 6.44. The number of carboxylic acid groups (broad SMARTS) is 1. The zero-order chi connectivity index (χ0) is 26.0. The summed E-state index contributed by atoms with van der Waals surface area (Å²) in [7, 11) is 0. The summed E-state index contributed by atoms with van der Waals surface area (Å²) in [6, 6.07) is 26.3. The third-order valence-corrected chi connectivity index (χ3v) is 6.44. The van der Waals surface area contributed by atoms with Crippen LogP contribution in [0.25, 0.3) is 22.3 Å². The second kappa shape index (κ2) is 12.8. The highest BCUT2D eigenvalue weighted by atomic mass is 16.4. The van der Waals surface area contributed by atoms with Gasteiger partial charge in [-0.05, 0) is 54.8 Å². The van der Waals surface area contributed by atoms with E-state index in [9.17, 15) is 9.59 Å². The van der Waals surface area contributed by atoms with Gasteiger partial charge < -0.3 is 20.2 Å². The van der Waals surface area contributed by atoms with Crippen LogP contribution >= 0.6 is 0 Å². The molecular weight excluding hydrogens is 464 g/mol. The number of carbonyl (C=O) groups excluding carboxylic acids is 1. The number of carbonyl (C=O) groups is 2. The summed E-state index contributed by atoms with van der Waals surface area (Å²) in [6.07, 6.45) is 5.36. The van der Waals surface area contributed by atoms with Crippen LogP contribution in [0, 0.1) is 0 Å². The molecule has 0 spiro atoms. The molecule has 0 fully saturated rings. The number of benzene rings is 3. The standard InChI is InChI=1S/C31H34N2O4/c1-2-3-4-8-27(33-26-16-14-24(15-17-26)31(36)32-19-18-30(34)35)20-22-10-12-23(13-11-22)29-21-25-7-5-6-9-28(25)37-29/h5-7,9-17,21,27,33H,2-4,8,18-20H2,1H3,(H,32,36)(H,34,35)/t27-/m1/s1. The molecule has 1 amide bonds. The van der Waals surface area contributed by atoms with Crippen molar-refractivity contribution in [3.63, 3.8) is 0 Å². The molecule has 0 unspecified atom stereocenters. The number of carboxylic acids is 1. The van der Waals surface area contributed by atoms with Crippen molar-refractivity contribution in [3.8, 4) is 11.3 Å². The first-order valence-corrected chi connectivity index (χ1v) is 13.0. The number of aliphatic carboxylic acids is 1. The lowest BCUT2D eigenvalue weighted by atomic mass is 9.98. The van der Waals surface area contributed by atoms with Crippen LogP contribution in [0.1, 0.15) is 54.9 Å². The van der Waals surface area contributed by atoms with E-state index in [-0.39, 0.29) is 24.9 Å². The second-order valence-corrected chi connectivity index (χ2v) is 9.36. The topological polar surface area (TPSA) is 91.6 Å². The van der Waals surface area contributed by atoms with Gasteiger partial charge in [-0.15, -0.1) is 0 Å². The highest BCUT2D eigenvalue weighted by Gasteiger charge is 2.12. The van der Waals surface area contributed by atoms with Crippen LogP contribution in [0.2, 0.25) is 0 Å². The molecule has 4 aromatic rings. The highest BCUT2D eigenvalue weighted by Crippen LogP contribution is 2.28. The lowest BCUT2D eigenvalue weighted by molar-refractivity contribution is -0.136. The van der Waals surface area contributed by atoms with Gasteiger partial charge in [0.05, 0.1) is 6.42 Å². The minimum Gasteiger partial charge on any atom is -0.481 e. The first-order chi connectivity index (χ1) is 18.0. The van der Waals surface area contributed by atoms with E-state index in [1.165, 1.54) is 18.4 Å². The van der Waals surface area contributed by atoms with E-state index in [0.717, 1.165) is 47.2 Å². The zero-order valence-electron chi connectivity index (χ0n) is 21.2. The van der Waals surface area contributed by atoms with Crippen LogP contribution < -0.4 is 10.6 Å². The Hall–Kier alpha value is -4.06. The van der Waals surface area contributed by atoms with E-state index >= 15 is 0 Å². The van der Waals surface area contributed by atoms with Gasteiger partial charge in [-0.1, -0.05) is 68.7 Å². The van der Waals surface area contributed by atoms with Gasteiger partial charge in [0, 0.05) is 34.8 Å². The smallest absolute Gasteiger partial charge is 0.305 e. The second-order valence-electron chi connectivity index (χ2n) is 9.36. The molecule has 0 aliphatic carbocycles. The Morgan fingerprint density at radius 1 is 0.946 bits per heavy atom. The van der Waals surface area contributed by atoms with Crippen molar-refractivity contribution in [3.05, 3.63) is 90.0 Å². The Kier molecular flexibility index (Phi) is 8.98. The van der Waals surface area contributed by atoms with Gasteiger partial charge >= 0.3 is 5.97 Å². The SMILES string of the molecule is CCCCC[C@H](Cc1ccc(-c2cc3ccccc3o2)cc1)Nc1ccc(C(=O)NCCC(=O)O)cc1. The van der Waals surface area contributed by atoms with Crippen molar-refractivity contribution in [2.24, 2.45) is 0 Å². The molecule has 0 bridgehead atoms. The molecule has 0 saturated heterocycles. The molecule has 0 aliphatic rings. The van der Waals surface area contributed by atoms with Crippen LogP contribution in [0.4, 0.5) is 5.69 Å². The Morgan fingerprint density at radius 3 is 2.41 bits per heavy atom. The van der Waals surface area contributed by atoms with Crippen LogP contribution in [0.5, 0.6) is 0 Å². The summed E-state index contributed by atoms with van der Waals surface area (Å²) in [5.41, 5.74) is 4.68. The molecule has 0 aliphatic heterocycles. The molecule has 0 radical (unpaired) electrons. The number of amides is 1. The molecular formula is C31H34N2O4. The van der Waals surface area contributed by atoms with E-state index in [0.29, 0.717) is 5.56 Å². The Balaban J connectivity index is 1.39. The maximum atomic E-state index is 12.2. The Morgan fingerprint density at radius 2 is 1.70 bits per heavy atom. The summed E-state index contributed by atoms with van der Waals surface area (Å²) >= 11 is 0. The number of fused-ring (bicyclic) bond motifs is 1. The monoisotopic (exact) mass is 498 g/mol. The molecule has 37 heavy (non-hydrogen) atoms. The van der Waals surface area contributed by atoms with Crippen molar-refractivity contribution < 1.29 is 19.1 Å². The average Bonchev–Trinajstić information content (AvgIpc) is 3.34. The minimum atomic E-state index is -0.932. The van der Waals surface area contributed by atoms with Crippen LogP contribution in [-0.2, 0) is 11.2 Å². The van der Waals surface area contributed by atoms with Gasteiger partial charge in [0.15, 0.2) is 0 Å². The van der Waals surface area contributed by atoms with Crippen molar-refractivity contribution in [1.29, 1.82) is 0 Å². The van der Waals surface area contributed by atoms with Crippen molar-refractivity contribution in [1.82, 2.24) is 5.32 Å². The number of hydrogen-bond acceptors (Lipinski definition) is 4. The van der Waals surface area contributed by atoms with Crippen LogP contribution in [-0.4, -0.2) is 29.6 Å². The van der Waals surface area contributed by atoms with Crippen LogP contribution in [0.15, 0.2) is 83.3 Å². The first kappa shape index (κ1) is 26.0. The summed E-state index contributed by atoms with van der Waals surface area (Å²) in [5, 5.41) is 16.1. The predicted molar refractivity (Wildman–Crippen MR) is 148 cm³/mol. The normalized spacial score (nSPS) is 11.8. The van der Waals surface area contributed by atoms with Gasteiger partial charge in [0.25, 0.3) is 5.91 Å². The first-order valence-electron chi connectivity index (χ1n) is 13.0. The van der Waals surface area contributed by atoms with E-state index in [1.807, 2.05) is 30.3 Å². The van der Waals surface area contributed by atoms with Gasteiger partial charge in [0.1, 0.15) is 11.3 Å². The zero-order valence-corrected chi connectivity index (χ0v) is 21.2. The molecule has 192 valence electrons. The Bertz CT molecular complexity index is 1280. The van der Waals surface area contributed by atoms with Gasteiger partial charge in [-0.2, -0.15) is 0 Å². The van der Waals surface area contributed by atoms with Crippen molar-refractivity contribution in [2.75, 3.05) is 11.9 Å². The van der Waals surface area contributed by atoms with Gasteiger partial charge in [-0.25, -0.2) is 0 Å². The number of rotatable bonds is 13. The lowest BCUT2D eigenvalue weighted by Crippen LogP contribution is -2.26. The molecule has 0 saturated carbocycles. The van der Waals surface area contributed by atoms with E-state index in [4.69, 9.17) is 9.52 Å². The van der Waals surface area contributed by atoms with Crippen molar-refractivity contribution in [2.45, 2.75) is 51.5 Å². The van der Waals surface area contributed by atoms with Crippen molar-refractivity contribution >= 4 is 28.5 Å². The maximum absolute atomic E-state index is 12.2. The molecule has 1 heterocycles. The molecule has 4 rings (SSSR count). The minimum absolute atomic E-state index is 0.0932. The molecule has 1 atom stereocenters. The summed E-state index contributed by atoms with van der Waals surface area (Å²) < 4.78 is 6.01. The number of nitrogens with one attached hydrogen (secondary N) is 2. The number of unbranched alkanes of at least 4 members (excludes halogenated alkanes) is 2. The number of furan rings is 1. The third kappa shape index (κ3) is 7.46. The molecule has 6 nitrogen and oxygen atoms in total. The molecule has 3 N–H and O–H groups in total. The predicted octanol–water partition coefficient (Wildman–Crippen LogP) is 6.91. The molecule has 6 heteroatoms. The number of anilines is 1. The largest absolute Gasteiger partial charge is 0.481 e. The van der Waals surface area contributed by atoms with Gasteiger partial charge in [0.2, 0.25) is 0 Å². The van der Waals surface area contributed by atoms with E-state index in [2.05, 4.69) is 54.0 Å². The van der Waals surface area contributed by atoms with E-state index < -0.39 is 5.97 Å².